The van der Waals surface area contributed by atoms with E-state index in [4.69, 9.17) is 99.2 Å². The zero-order chi connectivity index (χ0) is 52.2. The quantitative estimate of drug-likeness (QED) is 0.0119. The first-order chi connectivity index (χ1) is 35.9. The average Bonchev–Trinajstić information content (AvgIpc) is 3.74. The molecule has 74 heavy (non-hydrogen) atoms. The van der Waals surface area contributed by atoms with Crippen molar-refractivity contribution >= 4 is 70.4 Å². The number of azide groups is 1. The van der Waals surface area contributed by atoms with E-state index in [9.17, 15) is 19.9 Å². The van der Waals surface area contributed by atoms with Crippen LogP contribution >= 0.6 is 46.4 Å². The van der Waals surface area contributed by atoms with Crippen LogP contribution in [-0.2, 0) is 65.4 Å². The summed E-state index contributed by atoms with van der Waals surface area (Å²) in [5.74, 6) is -3.47. The van der Waals surface area contributed by atoms with Crippen molar-refractivity contribution in [2.75, 3.05) is 19.1 Å². The van der Waals surface area contributed by atoms with Crippen LogP contribution in [0.15, 0.2) is 145 Å². The highest BCUT2D eigenvalue weighted by Gasteiger charge is 2.56. The summed E-state index contributed by atoms with van der Waals surface area (Å²) in [5, 5.41) is 12.7. The first-order valence-corrected chi connectivity index (χ1v) is 25.2. The molecule has 8 rings (SSSR count). The molecule has 17 nitrogen and oxygen atoms in total. The van der Waals surface area contributed by atoms with Crippen LogP contribution in [0.1, 0.15) is 51.9 Å². The second kappa shape index (κ2) is 25.5. The fourth-order valence-corrected chi connectivity index (χ4v) is 9.23. The topological polar surface area (TPSA) is 216 Å². The van der Waals surface area contributed by atoms with E-state index in [1.807, 2.05) is 84.9 Å². The molecule has 0 bridgehead atoms. The fraction of sp³-hybridized carbons (Fsp3) is 0.358. The van der Waals surface area contributed by atoms with Gasteiger partial charge in [0.05, 0.1) is 18.8 Å². The van der Waals surface area contributed by atoms with Crippen molar-refractivity contribution in [1.82, 2.24) is 0 Å². The van der Waals surface area contributed by atoms with Gasteiger partial charge in [-0.2, -0.15) is 0 Å². The fourth-order valence-electron chi connectivity index (χ4n) is 9.02. The lowest BCUT2D eigenvalue weighted by Crippen LogP contribution is -2.66. The molecule has 2 heterocycles. The van der Waals surface area contributed by atoms with Gasteiger partial charge in [0.25, 0.3) is 3.79 Å². The van der Waals surface area contributed by atoms with Crippen molar-refractivity contribution in [3.05, 3.63) is 178 Å². The normalized spacial score (nSPS) is 24.3. The third-order valence-electron chi connectivity index (χ3n) is 12.5. The molecule has 2 saturated heterocycles. The summed E-state index contributed by atoms with van der Waals surface area (Å²) < 4.78 is 60.2. The van der Waals surface area contributed by atoms with Gasteiger partial charge in [0, 0.05) is 10.8 Å². The Hall–Kier alpha value is -5.95. The summed E-state index contributed by atoms with van der Waals surface area (Å²) in [5.41, 5.74) is 15.8. The molecule has 5 aromatic carbocycles. The summed E-state index contributed by atoms with van der Waals surface area (Å²) >= 11 is 24.1. The highest BCUT2D eigenvalue weighted by Crippen LogP contribution is 2.45. The number of hydrogen-bond donors (Lipinski definition) is 1. The second-order valence-corrected chi connectivity index (χ2v) is 19.7. The van der Waals surface area contributed by atoms with Crippen molar-refractivity contribution < 1.29 is 61.8 Å². The number of nitrogens with zero attached hydrogens (tertiary/aromatic N) is 3. The predicted molar refractivity (Wildman–Crippen MR) is 272 cm³/mol. The van der Waals surface area contributed by atoms with Crippen LogP contribution < -0.4 is 0 Å². The summed E-state index contributed by atoms with van der Waals surface area (Å²) in [6.45, 7) is 0.938. The van der Waals surface area contributed by atoms with E-state index in [1.54, 1.807) is 49.4 Å². The van der Waals surface area contributed by atoms with Crippen LogP contribution in [-0.4, -0.2) is 108 Å². The minimum atomic E-state index is -2.42. The molecule has 0 saturated carbocycles. The second-order valence-electron chi connectivity index (χ2n) is 17.2. The average molecular weight is 1090 g/mol. The van der Waals surface area contributed by atoms with Crippen molar-refractivity contribution in [1.29, 1.82) is 5.41 Å². The highest BCUT2D eigenvalue weighted by molar-refractivity contribution is 6.76. The summed E-state index contributed by atoms with van der Waals surface area (Å²) in [6.07, 6.45) is -13.8. The van der Waals surface area contributed by atoms with Gasteiger partial charge >= 0.3 is 18.1 Å². The number of halogens is 4. The molecule has 10 unspecified atom stereocenters. The first kappa shape index (κ1) is 54.3. The number of esters is 2. The minimum absolute atomic E-state index is 0.0469. The maximum atomic E-state index is 14.0. The van der Waals surface area contributed by atoms with Crippen molar-refractivity contribution in [2.24, 2.45) is 5.11 Å². The third-order valence-corrected chi connectivity index (χ3v) is 13.2. The standard InChI is InChI=1S/C53H50Cl4N4O13/c1-2-39-43(73-52(64)68-29-38-36-24-14-12-22-34(36)35-23-13-15-25-37(35)38)45(66-27-31-16-6-3-7-17-31)42(60-61-59)49(69-39)72-44-40(30-65-41(62)26-54)70-50(74-51(58)53(55,56)57)47(71-48(63)33-20-10-5-11-21-33)46(44)67-28-32-18-8-4-9-19-32/h3-25,38-40,42-47,49-50,58H,2,26-30H2,1H3. The summed E-state index contributed by atoms with van der Waals surface area (Å²) in [6, 6.07) is 40.4. The van der Waals surface area contributed by atoms with Crippen molar-refractivity contribution in [2.45, 2.75) is 97.6 Å². The van der Waals surface area contributed by atoms with Gasteiger partial charge in [-0.05, 0) is 57.5 Å². The smallest absolute Gasteiger partial charge is 0.462 e. The zero-order valence-corrected chi connectivity index (χ0v) is 42.6. The number of alkyl halides is 4. The van der Waals surface area contributed by atoms with Crippen LogP contribution in [0.25, 0.3) is 21.6 Å². The van der Waals surface area contributed by atoms with E-state index >= 15 is 0 Å². The molecule has 1 aliphatic carbocycles. The molecule has 1 N–H and O–H groups in total. The molecule has 0 amide bonds. The largest absolute Gasteiger partial charge is 0.508 e. The number of nitrogens with one attached hydrogen (secondary N) is 1. The van der Waals surface area contributed by atoms with Gasteiger partial charge in [0.1, 0.15) is 55.7 Å². The van der Waals surface area contributed by atoms with E-state index in [0.717, 1.165) is 27.8 Å². The van der Waals surface area contributed by atoms with E-state index in [1.165, 1.54) is 12.1 Å². The van der Waals surface area contributed by atoms with E-state index in [-0.39, 0.29) is 37.7 Å². The number of rotatable bonds is 19. The minimum Gasteiger partial charge on any atom is -0.462 e. The predicted octanol–water partition coefficient (Wildman–Crippen LogP) is 10.8. The maximum Gasteiger partial charge on any atom is 0.508 e. The molecule has 0 aromatic heterocycles. The van der Waals surface area contributed by atoms with Gasteiger partial charge in [-0.3, -0.25) is 10.2 Å². The molecular weight excluding hydrogens is 1040 g/mol. The Labute approximate surface area is 446 Å². The van der Waals surface area contributed by atoms with Crippen LogP contribution in [0, 0.1) is 5.41 Å². The number of carbonyl (C=O) groups is 3. The first-order valence-electron chi connectivity index (χ1n) is 23.5. The number of benzene rings is 5. The Bertz CT molecular complexity index is 2710. The lowest BCUT2D eigenvalue weighted by atomic mass is 9.94. The molecule has 0 spiro atoms. The molecule has 2 fully saturated rings. The number of hydrogen-bond acceptors (Lipinski definition) is 15. The van der Waals surface area contributed by atoms with Crippen LogP contribution in [0.5, 0.6) is 0 Å². The van der Waals surface area contributed by atoms with Crippen molar-refractivity contribution in [3.8, 4) is 11.1 Å². The van der Waals surface area contributed by atoms with E-state index in [0.29, 0.717) is 5.56 Å². The third kappa shape index (κ3) is 13.3. The SMILES string of the molecule is CCC1OC(OC2C(COC(=O)CCl)OC(OC(=N)C(Cl)(Cl)Cl)C(OC(=O)c3ccccc3)C2OCc2ccccc2)C(N=[N+]=[N-])C(OCc2ccccc2)C1OC(=O)OCC1c2ccccc2-c2ccccc21. The highest BCUT2D eigenvalue weighted by atomic mass is 35.6. The maximum absolute atomic E-state index is 14.0. The molecule has 21 heteroatoms. The Balaban J connectivity index is 1.15. The lowest BCUT2D eigenvalue weighted by molar-refractivity contribution is -0.343. The Kier molecular flexibility index (Phi) is 18.7. The van der Waals surface area contributed by atoms with Gasteiger partial charge in [-0.25, -0.2) is 9.59 Å². The van der Waals surface area contributed by atoms with Gasteiger partial charge < -0.3 is 47.4 Å². The zero-order valence-electron chi connectivity index (χ0n) is 39.5. The van der Waals surface area contributed by atoms with Gasteiger partial charge in [-0.1, -0.05) is 174 Å². The number of carbonyl (C=O) groups excluding carboxylic acids is 3. The van der Waals surface area contributed by atoms with E-state index in [2.05, 4.69) is 10.0 Å². The Morgan fingerprint density at radius 2 is 1.20 bits per heavy atom. The van der Waals surface area contributed by atoms with E-state index < -0.39 is 102 Å². The summed E-state index contributed by atoms with van der Waals surface area (Å²) in [7, 11) is 0. The molecule has 2 aliphatic heterocycles. The van der Waals surface area contributed by atoms with Crippen LogP contribution in [0.3, 0.4) is 0 Å². The van der Waals surface area contributed by atoms with Crippen molar-refractivity contribution in [3.63, 3.8) is 0 Å². The monoisotopic (exact) mass is 1090 g/mol. The molecule has 3 aliphatic rings. The lowest BCUT2D eigenvalue weighted by Gasteiger charge is -2.49. The number of ether oxygens (including phenoxy) is 10. The van der Waals surface area contributed by atoms with Gasteiger partial charge in [0.15, 0.2) is 18.5 Å². The van der Waals surface area contributed by atoms with Gasteiger partial charge in [0.2, 0.25) is 12.2 Å². The van der Waals surface area contributed by atoms with Gasteiger partial charge in [-0.15, -0.1) is 11.6 Å². The summed E-state index contributed by atoms with van der Waals surface area (Å²) in [4.78, 5) is 43.8. The van der Waals surface area contributed by atoms with Crippen LogP contribution in [0.2, 0.25) is 0 Å². The molecule has 5 aromatic rings. The molecule has 10 atom stereocenters. The molecule has 388 valence electrons. The molecule has 0 radical (unpaired) electrons. The molecular formula is C53H50Cl4N4O13. The Morgan fingerprint density at radius 3 is 1.77 bits per heavy atom. The Morgan fingerprint density at radius 1 is 0.649 bits per heavy atom. The number of fused-ring (bicyclic) bond motifs is 3. The van der Waals surface area contributed by atoms with Crippen LogP contribution in [0.4, 0.5) is 4.79 Å².